The van der Waals surface area contributed by atoms with Gasteiger partial charge < -0.3 is 0 Å². The van der Waals surface area contributed by atoms with E-state index in [9.17, 15) is 0 Å². The molecule has 0 nitrogen and oxygen atoms in total. The summed E-state index contributed by atoms with van der Waals surface area (Å²) in [6.45, 7) is 4.00. The first kappa shape index (κ1) is 13.4. The first-order chi connectivity index (χ1) is 5.00. The molecular weight excluding hydrogens is 216 g/mol. The molecule has 10 heavy (non-hydrogen) atoms. The fourth-order valence-electron chi connectivity index (χ4n) is 0.342. The molecule has 1 rings (SSSR count). The van der Waals surface area contributed by atoms with Gasteiger partial charge in [0.2, 0.25) is 0 Å². The maximum absolute atomic E-state index is 5.67. The number of benzene rings is 1. The first-order valence-electron chi connectivity index (χ1n) is 3.49. The summed E-state index contributed by atoms with van der Waals surface area (Å²) in [5.41, 5.74) is 0. The third-order valence-corrected chi connectivity index (χ3v) is 0.607. The van der Waals surface area contributed by atoms with Crippen molar-refractivity contribution >= 4 is 9.84 Å². The monoisotopic (exact) mass is 231 g/mol. The Morgan fingerprint density at radius 3 is 1.60 bits per heavy atom. The van der Waals surface area contributed by atoms with E-state index >= 15 is 0 Å². The second kappa shape index (κ2) is 16.4. The van der Waals surface area contributed by atoms with Gasteiger partial charge >= 0.3 is 0 Å². The zero-order valence-corrected chi connectivity index (χ0v) is 10.5. The Labute approximate surface area is 93.6 Å². The van der Waals surface area contributed by atoms with Gasteiger partial charge in [0.1, 0.15) is 0 Å². The van der Waals surface area contributed by atoms with Gasteiger partial charge in [-0.05, 0) is 0 Å². The third-order valence-electron chi connectivity index (χ3n) is 0.607. The molecule has 1 unspecified atom stereocenters. The van der Waals surface area contributed by atoms with Gasteiger partial charge in [0.05, 0.1) is 1.28 Å². The Morgan fingerprint density at radius 1 is 1.10 bits per heavy atom. The van der Waals surface area contributed by atoms with E-state index in [2.05, 4.69) is 6.07 Å². The van der Waals surface area contributed by atoms with Crippen LogP contribution in [0.3, 0.4) is 0 Å². The molecule has 0 bridgehead atoms. The number of hydrogen-bond acceptors (Lipinski definition) is 0. The van der Waals surface area contributed by atoms with E-state index in [1.54, 1.807) is 9.84 Å². The van der Waals surface area contributed by atoms with Gasteiger partial charge in [-0.1, -0.05) is 13.8 Å². The van der Waals surface area contributed by atoms with Crippen molar-refractivity contribution in [1.29, 1.82) is 1.28 Å². The average molecular weight is 231 g/mol. The van der Waals surface area contributed by atoms with Gasteiger partial charge in [0.25, 0.3) is 0 Å². The Kier molecular flexibility index (Phi) is 21.9. The molecule has 1 aromatic rings. The van der Waals surface area contributed by atoms with Crippen LogP contribution in [0.5, 0.6) is 0 Å². The number of rotatable bonds is 0. The third kappa shape index (κ3) is 11.5. The average Bonchev–Trinajstić information content (AvgIpc) is 2.14. The Bertz CT molecular complexity index is 86.0. The van der Waals surface area contributed by atoms with Crippen molar-refractivity contribution in [2.24, 2.45) is 0 Å². The molecule has 0 aliphatic rings. The van der Waals surface area contributed by atoms with Crippen molar-refractivity contribution in [2.45, 2.75) is 13.8 Å². The smallest absolute Gasteiger partial charge is 0.0511 e. The van der Waals surface area contributed by atoms with Crippen LogP contribution in [0.25, 0.3) is 0 Å². The standard InChI is InChI=1S/C6H5.C2H6.H3P.Y/c1-2-4-6-5-3-1;1-2;;/h1-5H;1-2H3;1H3;/q-1;;;/i;;1D;. The molecule has 55 valence electrons. The predicted octanol–water partition coefficient (Wildman–Crippen LogP) is 2.57. The summed E-state index contributed by atoms with van der Waals surface area (Å²) in [5, 5.41) is 0. The normalized spacial score (nSPS) is 6.10. The van der Waals surface area contributed by atoms with Crippen LogP contribution in [0.1, 0.15) is 13.8 Å². The predicted molar refractivity (Wildman–Crippen MR) is 47.7 cm³/mol. The van der Waals surface area contributed by atoms with E-state index in [0.717, 1.165) is 0 Å². The summed E-state index contributed by atoms with van der Waals surface area (Å²) in [6.07, 6.45) is 0. The molecule has 1 aromatic carbocycles. The summed E-state index contributed by atoms with van der Waals surface area (Å²) in [7, 11) is 1.67. The first-order valence-corrected chi connectivity index (χ1v) is 2.91. The van der Waals surface area contributed by atoms with E-state index in [1.807, 2.05) is 44.2 Å². The summed E-state index contributed by atoms with van der Waals surface area (Å²) in [6, 6.07) is 12.5. The van der Waals surface area contributed by atoms with Gasteiger partial charge in [-0.3, -0.25) is 0 Å². The maximum atomic E-state index is 5.67. The summed E-state index contributed by atoms with van der Waals surface area (Å²) in [4.78, 5) is 0. The molecule has 2 heteroatoms. The van der Waals surface area contributed by atoms with E-state index in [0.29, 0.717) is 0 Å². The van der Waals surface area contributed by atoms with Crippen molar-refractivity contribution in [1.82, 2.24) is 0 Å². The van der Waals surface area contributed by atoms with Gasteiger partial charge in [-0.2, -0.15) is 46.2 Å². The van der Waals surface area contributed by atoms with Crippen molar-refractivity contribution in [3.8, 4) is 0 Å². The van der Waals surface area contributed by atoms with Crippen LogP contribution in [0, 0.1) is 6.07 Å². The minimum atomic E-state index is 0. The second-order valence-corrected chi connectivity index (χ2v) is 1.08. The SMILES string of the molecule is CC.[2H]P.[Y].[c-]1ccccc1. The molecule has 0 aliphatic carbocycles. The Morgan fingerprint density at radius 2 is 1.50 bits per heavy atom. The summed E-state index contributed by atoms with van der Waals surface area (Å²) < 4.78 is 5.67. The summed E-state index contributed by atoms with van der Waals surface area (Å²) >= 11 is 0. The van der Waals surface area contributed by atoms with Crippen molar-refractivity contribution in [2.75, 3.05) is 0 Å². The van der Waals surface area contributed by atoms with Crippen LogP contribution < -0.4 is 0 Å². The molecule has 0 spiro atoms. The largest absolute Gasteiger partial charge is 0.184 e. The molecule has 0 N–H and O–H groups in total. The second-order valence-electron chi connectivity index (χ2n) is 1.08. The maximum Gasteiger partial charge on any atom is 0.0511 e. The van der Waals surface area contributed by atoms with Crippen LogP contribution in [-0.4, -0.2) is 1.28 Å². The van der Waals surface area contributed by atoms with E-state index in [1.165, 1.54) is 0 Å². The van der Waals surface area contributed by atoms with Crippen LogP contribution in [-0.2, 0) is 32.7 Å². The number of hydrogen-bond donors (Lipinski definition) is 0. The van der Waals surface area contributed by atoms with Crippen molar-refractivity contribution < 1.29 is 32.7 Å². The molecule has 0 fully saturated rings. The zero-order chi connectivity index (χ0) is 8.24. The topological polar surface area (TPSA) is 0 Å². The molecule has 0 amide bonds. The molecule has 1 radical (unpaired) electrons. The van der Waals surface area contributed by atoms with Crippen LogP contribution >= 0.6 is 9.84 Å². The van der Waals surface area contributed by atoms with Crippen LogP contribution in [0.4, 0.5) is 0 Å². The molecule has 0 saturated carbocycles. The van der Waals surface area contributed by atoms with Gasteiger partial charge in [-0.15, -0.1) is 0 Å². The van der Waals surface area contributed by atoms with Crippen LogP contribution in [0.2, 0.25) is 0 Å². The van der Waals surface area contributed by atoms with Gasteiger partial charge in [0, 0.05) is 32.7 Å². The van der Waals surface area contributed by atoms with Crippen LogP contribution in [0.15, 0.2) is 30.3 Å². The molecule has 0 aromatic heterocycles. The molecule has 1 atom stereocenters. The van der Waals surface area contributed by atoms with Gasteiger partial charge in [0.15, 0.2) is 0 Å². The zero-order valence-electron chi connectivity index (χ0n) is 7.54. The minimum Gasteiger partial charge on any atom is -0.184 e. The van der Waals surface area contributed by atoms with E-state index in [4.69, 9.17) is 1.28 Å². The fraction of sp³-hybridized carbons (Fsp3) is 0.250. The minimum absolute atomic E-state index is 0. The Hall–Kier alpha value is 0.754. The quantitative estimate of drug-likeness (QED) is 0.475. The van der Waals surface area contributed by atoms with Crippen molar-refractivity contribution in [3.63, 3.8) is 0 Å². The molecule has 0 heterocycles. The van der Waals surface area contributed by atoms with E-state index in [-0.39, 0.29) is 32.7 Å². The summed E-state index contributed by atoms with van der Waals surface area (Å²) in [5.74, 6) is 0. The van der Waals surface area contributed by atoms with Crippen molar-refractivity contribution in [3.05, 3.63) is 36.4 Å². The molecular formula is C8H14PY-. The fourth-order valence-corrected chi connectivity index (χ4v) is 0.342. The molecule has 0 saturated heterocycles. The Balaban J connectivity index is -0.000000114. The molecule has 0 aliphatic heterocycles. The van der Waals surface area contributed by atoms with Gasteiger partial charge in [-0.25, -0.2) is 0 Å². The van der Waals surface area contributed by atoms with E-state index < -0.39 is 0 Å².